The van der Waals surface area contributed by atoms with Gasteiger partial charge in [-0.3, -0.25) is 9.80 Å². The number of nitrogens with zero attached hydrogens (tertiary/aromatic N) is 1. The fourth-order valence-corrected chi connectivity index (χ4v) is 3.42. The van der Waals surface area contributed by atoms with E-state index in [1.165, 1.54) is 5.56 Å². The number of esters is 1. The molecule has 2 aromatic carbocycles. The van der Waals surface area contributed by atoms with Gasteiger partial charge in [-0.15, -0.1) is 0 Å². The largest absolute Gasteiger partial charge is 0.462 e. The maximum Gasteiger partial charge on any atom is 0.338 e. The van der Waals surface area contributed by atoms with Gasteiger partial charge in [-0.2, -0.15) is 0 Å². The molecule has 0 bridgehead atoms. The average molecular weight is 352 g/mol. The number of carbonyl (C=O) groups excluding carboxylic acids is 2. The molecular weight excluding hydrogens is 328 g/mol. The number of ketones is 1. The summed E-state index contributed by atoms with van der Waals surface area (Å²) >= 11 is 0. The molecule has 0 amide bonds. The Morgan fingerprint density at radius 3 is 2.58 bits per heavy atom. The minimum Gasteiger partial charge on any atom is -0.462 e. The SMILES string of the molecule is CCNN1c2ccccc2CCc2c(C(C)=O)cc(C(=O)OCC)cc21. The summed E-state index contributed by atoms with van der Waals surface area (Å²) in [4.78, 5) is 24.6. The van der Waals surface area contributed by atoms with Gasteiger partial charge in [-0.25, -0.2) is 10.2 Å². The Balaban J connectivity index is 2.23. The van der Waals surface area contributed by atoms with Crippen molar-refractivity contribution in [2.75, 3.05) is 18.2 Å². The van der Waals surface area contributed by atoms with E-state index in [0.29, 0.717) is 24.3 Å². The highest BCUT2D eigenvalue weighted by Gasteiger charge is 2.25. The zero-order valence-corrected chi connectivity index (χ0v) is 15.5. The number of nitrogens with one attached hydrogen (secondary N) is 1. The summed E-state index contributed by atoms with van der Waals surface area (Å²) in [5.41, 5.74) is 8.41. The van der Waals surface area contributed by atoms with Crippen LogP contribution >= 0.6 is 0 Å². The summed E-state index contributed by atoms with van der Waals surface area (Å²) < 4.78 is 5.16. The van der Waals surface area contributed by atoms with Crippen molar-refractivity contribution in [2.24, 2.45) is 0 Å². The maximum atomic E-state index is 12.3. The molecule has 0 radical (unpaired) electrons. The quantitative estimate of drug-likeness (QED) is 0.655. The van der Waals surface area contributed by atoms with Crippen LogP contribution < -0.4 is 10.4 Å². The van der Waals surface area contributed by atoms with Crippen LogP contribution in [0.1, 0.15) is 52.6 Å². The van der Waals surface area contributed by atoms with Crippen molar-refractivity contribution in [1.82, 2.24) is 5.43 Å². The molecule has 1 heterocycles. The van der Waals surface area contributed by atoms with Crippen LogP contribution in [0.3, 0.4) is 0 Å². The van der Waals surface area contributed by atoms with Crippen molar-refractivity contribution in [2.45, 2.75) is 33.6 Å². The number of aryl methyl sites for hydroxylation is 1. The number of hydrazine groups is 1. The van der Waals surface area contributed by atoms with Crippen LogP contribution in [-0.2, 0) is 17.6 Å². The molecule has 3 rings (SSSR count). The van der Waals surface area contributed by atoms with E-state index in [1.807, 2.05) is 30.1 Å². The molecule has 0 saturated carbocycles. The zero-order chi connectivity index (χ0) is 18.7. The van der Waals surface area contributed by atoms with Gasteiger partial charge in [0.15, 0.2) is 5.78 Å². The van der Waals surface area contributed by atoms with E-state index in [4.69, 9.17) is 4.74 Å². The van der Waals surface area contributed by atoms with Gasteiger partial charge < -0.3 is 4.74 Å². The van der Waals surface area contributed by atoms with Gasteiger partial charge in [0.05, 0.1) is 23.5 Å². The highest BCUT2D eigenvalue weighted by Crippen LogP contribution is 2.37. The molecule has 5 nitrogen and oxygen atoms in total. The van der Waals surface area contributed by atoms with Gasteiger partial charge in [-0.1, -0.05) is 25.1 Å². The third-order valence-corrected chi connectivity index (χ3v) is 4.55. The van der Waals surface area contributed by atoms with E-state index in [0.717, 1.165) is 29.8 Å². The van der Waals surface area contributed by atoms with Crippen molar-refractivity contribution < 1.29 is 14.3 Å². The first-order chi connectivity index (χ1) is 12.6. The first kappa shape index (κ1) is 18.1. The molecule has 0 saturated heterocycles. The minimum atomic E-state index is -0.410. The second kappa shape index (κ2) is 7.70. The van der Waals surface area contributed by atoms with Gasteiger partial charge >= 0.3 is 5.97 Å². The van der Waals surface area contributed by atoms with Gasteiger partial charge in [-0.05, 0) is 56.0 Å². The molecule has 0 aliphatic carbocycles. The smallest absolute Gasteiger partial charge is 0.338 e. The predicted molar refractivity (Wildman–Crippen MR) is 102 cm³/mol. The molecule has 26 heavy (non-hydrogen) atoms. The van der Waals surface area contributed by atoms with E-state index in [9.17, 15) is 9.59 Å². The van der Waals surface area contributed by atoms with Gasteiger partial charge in [0.2, 0.25) is 0 Å². The van der Waals surface area contributed by atoms with Crippen molar-refractivity contribution >= 4 is 23.1 Å². The zero-order valence-electron chi connectivity index (χ0n) is 15.5. The first-order valence-electron chi connectivity index (χ1n) is 9.03. The van der Waals surface area contributed by atoms with Gasteiger partial charge in [0, 0.05) is 12.1 Å². The number of hydrogen-bond acceptors (Lipinski definition) is 5. The average Bonchev–Trinajstić information content (AvgIpc) is 2.79. The van der Waals surface area contributed by atoms with Crippen molar-refractivity contribution in [3.8, 4) is 0 Å². The lowest BCUT2D eigenvalue weighted by Gasteiger charge is -2.28. The highest BCUT2D eigenvalue weighted by molar-refractivity contribution is 6.01. The molecule has 1 N–H and O–H groups in total. The van der Waals surface area contributed by atoms with Crippen LogP contribution in [0.25, 0.3) is 0 Å². The predicted octanol–water partition coefficient (Wildman–Crippen LogP) is 3.83. The monoisotopic (exact) mass is 352 g/mol. The van der Waals surface area contributed by atoms with E-state index in [1.54, 1.807) is 19.9 Å². The Hall–Kier alpha value is -2.66. The number of Topliss-reactive ketones (excluding diaryl/α,β-unsaturated/α-hetero) is 1. The molecule has 0 spiro atoms. The van der Waals surface area contributed by atoms with E-state index in [-0.39, 0.29) is 5.78 Å². The summed E-state index contributed by atoms with van der Waals surface area (Å²) in [6, 6.07) is 11.7. The van der Waals surface area contributed by atoms with Crippen molar-refractivity contribution in [1.29, 1.82) is 0 Å². The molecule has 0 aromatic heterocycles. The molecule has 5 heteroatoms. The third kappa shape index (κ3) is 3.35. The standard InChI is InChI=1S/C21H24N2O3/c1-4-22-23-19-9-7-6-8-15(19)10-11-17-18(14(3)24)12-16(13-20(17)23)21(25)26-5-2/h6-9,12-13,22H,4-5,10-11H2,1-3H3. The number of para-hydroxylation sites is 1. The number of hydrogen-bond donors (Lipinski definition) is 1. The Bertz CT molecular complexity index is 845. The van der Waals surface area contributed by atoms with Crippen molar-refractivity contribution in [3.05, 3.63) is 58.7 Å². The summed E-state index contributed by atoms with van der Waals surface area (Å²) in [6.45, 7) is 6.35. The van der Waals surface area contributed by atoms with Crippen LogP contribution in [0.2, 0.25) is 0 Å². The number of benzene rings is 2. The Morgan fingerprint density at radius 2 is 1.88 bits per heavy atom. The number of ether oxygens (including phenoxy) is 1. The van der Waals surface area contributed by atoms with Gasteiger partial charge in [0.1, 0.15) is 0 Å². The topological polar surface area (TPSA) is 58.6 Å². The first-order valence-corrected chi connectivity index (χ1v) is 9.03. The molecule has 0 atom stereocenters. The summed E-state index contributed by atoms with van der Waals surface area (Å²) in [6.07, 6.45) is 1.58. The normalized spacial score (nSPS) is 12.8. The molecule has 136 valence electrons. The Morgan fingerprint density at radius 1 is 1.12 bits per heavy atom. The van der Waals surface area contributed by atoms with E-state index >= 15 is 0 Å². The second-order valence-corrected chi connectivity index (χ2v) is 6.27. The fourth-order valence-electron chi connectivity index (χ4n) is 3.42. The molecule has 1 aliphatic rings. The van der Waals surface area contributed by atoms with Gasteiger partial charge in [0.25, 0.3) is 0 Å². The minimum absolute atomic E-state index is 0.0465. The lowest BCUT2D eigenvalue weighted by atomic mass is 9.95. The fraction of sp³-hybridized carbons (Fsp3) is 0.333. The number of anilines is 2. The number of rotatable bonds is 5. The molecule has 1 aliphatic heterocycles. The van der Waals surface area contributed by atoms with E-state index in [2.05, 4.69) is 17.6 Å². The Labute approximate surface area is 153 Å². The van der Waals surface area contributed by atoms with Crippen LogP contribution in [0.5, 0.6) is 0 Å². The van der Waals surface area contributed by atoms with Crippen molar-refractivity contribution in [3.63, 3.8) is 0 Å². The summed E-state index contributed by atoms with van der Waals surface area (Å²) in [5.74, 6) is -0.457. The molecule has 0 fully saturated rings. The van der Waals surface area contributed by atoms with Crippen LogP contribution in [-0.4, -0.2) is 24.9 Å². The molecular formula is C21H24N2O3. The second-order valence-electron chi connectivity index (χ2n) is 6.27. The van der Waals surface area contributed by atoms with Crippen LogP contribution in [0.4, 0.5) is 11.4 Å². The molecule has 2 aromatic rings. The third-order valence-electron chi connectivity index (χ3n) is 4.55. The number of fused-ring (bicyclic) bond motifs is 2. The molecule has 0 unspecified atom stereocenters. The summed E-state index contributed by atoms with van der Waals surface area (Å²) in [5, 5.41) is 1.99. The Kier molecular flexibility index (Phi) is 5.38. The highest BCUT2D eigenvalue weighted by atomic mass is 16.5. The lowest BCUT2D eigenvalue weighted by molar-refractivity contribution is 0.0526. The summed E-state index contributed by atoms with van der Waals surface area (Å²) in [7, 11) is 0. The lowest BCUT2D eigenvalue weighted by Crippen LogP contribution is -2.34. The van der Waals surface area contributed by atoms with E-state index < -0.39 is 5.97 Å². The van der Waals surface area contributed by atoms with Crippen LogP contribution in [0, 0.1) is 0 Å². The van der Waals surface area contributed by atoms with Crippen LogP contribution in [0.15, 0.2) is 36.4 Å². The number of carbonyl (C=O) groups is 2. The maximum absolute atomic E-state index is 12.3.